The first-order chi connectivity index (χ1) is 34.2. The van der Waals surface area contributed by atoms with Crippen LogP contribution in [0.5, 0.6) is 17.2 Å². The van der Waals surface area contributed by atoms with E-state index in [0.717, 1.165) is 67.8 Å². The van der Waals surface area contributed by atoms with Crippen molar-refractivity contribution < 1.29 is 33.9 Å². The van der Waals surface area contributed by atoms with Crippen molar-refractivity contribution in [1.29, 1.82) is 0 Å². The number of fused-ring (bicyclic) bond motifs is 3. The van der Waals surface area contributed by atoms with Gasteiger partial charge in [-0.2, -0.15) is 4.58 Å². The Labute approximate surface area is 418 Å². The third-order valence-electron chi connectivity index (χ3n) is 14.2. The smallest absolute Gasteiger partial charge is 0.262 e. The summed E-state index contributed by atoms with van der Waals surface area (Å²) in [5.41, 5.74) is 10.7. The summed E-state index contributed by atoms with van der Waals surface area (Å²) < 4.78 is 8.20. The second-order valence-electron chi connectivity index (χ2n) is 19.9. The fourth-order valence-corrected chi connectivity index (χ4v) is 10.3. The van der Waals surface area contributed by atoms with E-state index in [1.807, 2.05) is 42.5 Å². The summed E-state index contributed by atoms with van der Waals surface area (Å²) in [6.07, 6.45) is 16.7. The molecule has 0 fully saturated rings. The molecule has 3 heterocycles. The molecule has 5 aromatic rings. The summed E-state index contributed by atoms with van der Waals surface area (Å²) in [5, 5.41) is 27.0. The number of benzene rings is 5. The van der Waals surface area contributed by atoms with Crippen LogP contribution in [0.4, 0.5) is 11.4 Å². The highest BCUT2D eigenvalue weighted by Gasteiger charge is 2.43. The quantitative estimate of drug-likeness (QED) is 0.0347. The molecule has 3 amide bonds. The van der Waals surface area contributed by atoms with Crippen LogP contribution in [0.2, 0.25) is 0 Å². The third-order valence-corrected chi connectivity index (χ3v) is 14.2. The van der Waals surface area contributed by atoms with Gasteiger partial charge in [0.15, 0.2) is 5.71 Å². The Morgan fingerprint density at radius 2 is 1.42 bits per heavy atom. The molecule has 4 N–H and O–H groups in total. The van der Waals surface area contributed by atoms with E-state index < -0.39 is 5.91 Å². The van der Waals surface area contributed by atoms with E-state index in [-0.39, 0.29) is 58.6 Å². The fraction of sp³-hybridized carbons (Fsp3) is 0.333. The van der Waals surface area contributed by atoms with Crippen molar-refractivity contribution >= 4 is 34.8 Å². The summed E-state index contributed by atoms with van der Waals surface area (Å²) in [5.74, 6) is -1.04. The first kappa shape index (κ1) is 50.0. The zero-order chi connectivity index (χ0) is 50.1. The zero-order valence-electron chi connectivity index (χ0n) is 41.8. The number of nitrogens with one attached hydrogen (secondary N) is 2. The predicted molar refractivity (Wildman–Crippen MR) is 282 cm³/mol. The summed E-state index contributed by atoms with van der Waals surface area (Å²) in [6, 6.07) is 34.7. The van der Waals surface area contributed by atoms with Crippen molar-refractivity contribution in [3.05, 3.63) is 184 Å². The minimum absolute atomic E-state index is 0.0247. The molecule has 0 aromatic heterocycles. The Morgan fingerprint density at radius 1 is 0.718 bits per heavy atom. The average molecular weight is 955 g/mol. The monoisotopic (exact) mass is 955 g/mol. The number of aromatic hydroxyl groups is 2. The van der Waals surface area contributed by atoms with Gasteiger partial charge < -0.3 is 35.4 Å². The Balaban J connectivity index is 0.726. The Hall–Kier alpha value is -7.40. The number of unbranched alkanes of at least 4 members (excludes halogenated alkanes) is 4. The number of carbonyl (C=O) groups is 3. The van der Waals surface area contributed by atoms with Crippen molar-refractivity contribution in [1.82, 2.24) is 15.5 Å². The minimum Gasteiger partial charge on any atom is -0.508 e. The lowest BCUT2D eigenvalue weighted by molar-refractivity contribution is -0.401. The lowest BCUT2D eigenvalue weighted by Crippen LogP contribution is -2.27. The first-order valence-corrected chi connectivity index (χ1v) is 25.1. The average Bonchev–Trinajstić information content (AvgIpc) is 3.95. The van der Waals surface area contributed by atoms with Gasteiger partial charge in [-0.1, -0.05) is 111 Å². The van der Waals surface area contributed by atoms with E-state index in [4.69, 9.17) is 4.74 Å². The van der Waals surface area contributed by atoms with Gasteiger partial charge in [0, 0.05) is 91.3 Å². The van der Waals surface area contributed by atoms with Gasteiger partial charge >= 0.3 is 0 Å². The number of para-hydroxylation sites is 2. The molecule has 0 saturated carbocycles. The van der Waals surface area contributed by atoms with Gasteiger partial charge in [-0.15, -0.1) is 0 Å². The lowest BCUT2D eigenvalue weighted by atomic mass is 9.81. The number of amides is 3. The molecule has 11 nitrogen and oxygen atoms in total. The normalized spacial score (nSPS) is 15.9. The maximum Gasteiger partial charge on any atom is 0.262 e. The van der Waals surface area contributed by atoms with Crippen LogP contribution in [0.15, 0.2) is 145 Å². The molecule has 0 aliphatic carbocycles. The molecule has 368 valence electrons. The van der Waals surface area contributed by atoms with Crippen molar-refractivity contribution in [3.8, 4) is 17.2 Å². The molecule has 0 unspecified atom stereocenters. The van der Waals surface area contributed by atoms with Gasteiger partial charge in [-0.25, -0.2) is 0 Å². The van der Waals surface area contributed by atoms with Crippen molar-refractivity contribution in [2.24, 2.45) is 0 Å². The van der Waals surface area contributed by atoms with Crippen molar-refractivity contribution in [2.45, 2.75) is 103 Å². The molecule has 8 rings (SSSR count). The molecule has 0 spiro atoms. The van der Waals surface area contributed by atoms with E-state index in [0.29, 0.717) is 31.6 Å². The fourth-order valence-electron chi connectivity index (χ4n) is 10.3. The summed E-state index contributed by atoms with van der Waals surface area (Å²) in [6.45, 7) is 11.9. The number of allylic oxidation sites excluding steroid dienone is 6. The highest BCUT2D eigenvalue weighted by molar-refractivity contribution is 6.03. The number of hydrogen-bond acceptors (Lipinski definition) is 7. The number of anilines is 1. The van der Waals surface area contributed by atoms with Crippen LogP contribution in [0.1, 0.15) is 121 Å². The summed E-state index contributed by atoms with van der Waals surface area (Å²) >= 11 is 0. The highest BCUT2D eigenvalue weighted by Crippen LogP contribution is 2.48. The minimum atomic E-state index is -0.438. The molecule has 71 heavy (non-hydrogen) atoms. The SMILES string of the molecule is C[N+]1=C(/C=C/C=C/C=C2/N(CCCCCC(=O)NCCCCCNC(=O)c3ccc4c(c3)CN(C(=O)c3c(O)cc(O)cc3OCc3ccccc3)C4)c3ccccc3C2(C)C)C(C)(C)c2ccccc21. The van der Waals surface area contributed by atoms with Crippen LogP contribution in [0, 0.1) is 0 Å². The van der Waals surface area contributed by atoms with Gasteiger partial charge in [0.05, 0.1) is 5.41 Å². The van der Waals surface area contributed by atoms with Gasteiger partial charge in [0.1, 0.15) is 36.5 Å². The van der Waals surface area contributed by atoms with E-state index in [1.54, 1.807) is 11.0 Å². The lowest BCUT2D eigenvalue weighted by Gasteiger charge is -2.27. The number of ether oxygens (including phenoxy) is 1. The molecule has 11 heteroatoms. The number of phenolic OH excluding ortho intramolecular Hbond substituents is 2. The molecule has 3 aliphatic rings. The number of phenols is 2. The van der Waals surface area contributed by atoms with Crippen LogP contribution in [-0.2, 0) is 35.3 Å². The van der Waals surface area contributed by atoms with Gasteiger partial charge in [0.25, 0.3) is 11.8 Å². The number of hydrogen-bond donors (Lipinski definition) is 4. The second-order valence-corrected chi connectivity index (χ2v) is 19.9. The van der Waals surface area contributed by atoms with Crippen molar-refractivity contribution in [3.63, 3.8) is 0 Å². The number of rotatable bonds is 20. The van der Waals surface area contributed by atoms with Crippen LogP contribution in [-0.4, -0.2) is 69.8 Å². The van der Waals surface area contributed by atoms with E-state index >= 15 is 0 Å². The van der Waals surface area contributed by atoms with Gasteiger partial charge in [-0.05, 0) is 92.5 Å². The molecule has 5 aromatic carbocycles. The number of nitrogens with zero attached hydrogens (tertiary/aromatic N) is 3. The maximum atomic E-state index is 13.7. The second kappa shape index (κ2) is 22.1. The molecule has 0 radical (unpaired) electrons. The molecule has 0 bridgehead atoms. The first-order valence-electron chi connectivity index (χ1n) is 25.1. The van der Waals surface area contributed by atoms with Gasteiger partial charge in [0.2, 0.25) is 11.6 Å². The van der Waals surface area contributed by atoms with E-state index in [9.17, 15) is 24.6 Å². The summed E-state index contributed by atoms with van der Waals surface area (Å²) in [4.78, 5) is 43.6. The maximum absolute atomic E-state index is 13.7. The topological polar surface area (TPSA) is 134 Å². The predicted octanol–water partition coefficient (Wildman–Crippen LogP) is 10.9. The Morgan fingerprint density at radius 3 is 2.21 bits per heavy atom. The molecular formula is C60H68N5O6+. The van der Waals surface area contributed by atoms with Crippen LogP contribution in [0.3, 0.4) is 0 Å². The largest absolute Gasteiger partial charge is 0.508 e. The molecule has 0 saturated heterocycles. The summed E-state index contributed by atoms with van der Waals surface area (Å²) in [7, 11) is 2.15. The van der Waals surface area contributed by atoms with Crippen LogP contribution in [0.25, 0.3) is 0 Å². The van der Waals surface area contributed by atoms with Crippen molar-refractivity contribution in [2.75, 3.05) is 31.6 Å². The van der Waals surface area contributed by atoms with Crippen LogP contribution >= 0.6 is 0 Å². The third kappa shape index (κ3) is 11.3. The highest BCUT2D eigenvalue weighted by atomic mass is 16.5. The standard InChI is InChI=1S/C60H67N5O6/c1-59(2)47-24-15-17-26-49(47)63(5)53(59)28-12-7-13-29-54-60(3,4)48-25-16-18-27-50(48)65(54)35-21-8-14-30-55(68)61-33-19-9-20-34-62-57(69)43-31-32-44-39-64(40-45(44)36-43)58(70)56-51(67)37-46(66)38-52(56)71-41-42-22-10-6-11-23-42/h6-7,10-13,15-18,22-29,31-32,36-38H,8-9,14,19-21,30,33-35,39-41H2,1-5H3,(H3-,61,62,66,67,68,69,70)/p+1. The zero-order valence-corrected chi connectivity index (χ0v) is 41.8. The number of carbonyl (C=O) groups excluding carboxylic acids is 3. The molecular weight excluding hydrogens is 887 g/mol. The Bertz CT molecular complexity index is 2900. The Kier molecular flexibility index (Phi) is 15.6. The van der Waals surface area contributed by atoms with Crippen LogP contribution < -0.4 is 20.3 Å². The molecule has 3 aliphatic heterocycles. The van der Waals surface area contributed by atoms with Gasteiger partial charge in [-0.3, -0.25) is 14.4 Å². The molecule has 0 atom stereocenters. The van der Waals surface area contributed by atoms with E-state index in [2.05, 4.69) is 134 Å². The van der Waals surface area contributed by atoms with E-state index in [1.165, 1.54) is 40.0 Å².